The number of fused-ring (bicyclic) bond motifs is 1. The van der Waals surface area contributed by atoms with Crippen molar-refractivity contribution in [2.24, 2.45) is 11.7 Å². The van der Waals surface area contributed by atoms with Crippen LogP contribution in [0.15, 0.2) is 42.5 Å². The molecular formula is C17H19N3O. The Morgan fingerprint density at radius 1 is 1.14 bits per heavy atom. The molecule has 21 heavy (non-hydrogen) atoms. The molecule has 4 heteroatoms. The fourth-order valence-corrected chi connectivity index (χ4v) is 3.25. The van der Waals surface area contributed by atoms with Gasteiger partial charge in [-0.15, -0.1) is 0 Å². The van der Waals surface area contributed by atoms with Crippen molar-refractivity contribution in [2.45, 2.75) is 18.4 Å². The molecule has 1 saturated carbocycles. The first kappa shape index (κ1) is 12.7. The zero-order chi connectivity index (χ0) is 14.4. The quantitative estimate of drug-likeness (QED) is 0.889. The molecule has 0 atom stereocenters. The molecule has 4 nitrogen and oxygen atoms in total. The summed E-state index contributed by atoms with van der Waals surface area (Å²) in [5.41, 5.74) is 7.03. The molecule has 2 amide bonds. The number of benzene rings is 2. The van der Waals surface area contributed by atoms with Gasteiger partial charge in [-0.3, -0.25) is 0 Å². The van der Waals surface area contributed by atoms with Crippen molar-refractivity contribution >= 4 is 22.5 Å². The number of hydrogen-bond donors (Lipinski definition) is 2. The van der Waals surface area contributed by atoms with E-state index in [0.29, 0.717) is 19.0 Å². The molecule has 3 N–H and O–H groups in total. The van der Waals surface area contributed by atoms with Gasteiger partial charge in [0, 0.05) is 18.5 Å². The molecule has 4 rings (SSSR count). The van der Waals surface area contributed by atoms with Gasteiger partial charge in [0.15, 0.2) is 0 Å². The lowest BCUT2D eigenvalue weighted by Crippen LogP contribution is -2.70. The van der Waals surface area contributed by atoms with E-state index in [2.05, 4.69) is 5.32 Å². The van der Waals surface area contributed by atoms with Crippen molar-refractivity contribution in [1.29, 1.82) is 0 Å². The third-order valence-electron chi connectivity index (χ3n) is 4.68. The Labute approximate surface area is 123 Å². The number of carbonyl (C=O) groups is 1. The van der Waals surface area contributed by atoms with Crippen molar-refractivity contribution in [1.82, 2.24) is 4.90 Å². The number of amides is 2. The molecule has 1 heterocycles. The number of nitrogens with one attached hydrogen (secondary N) is 1. The van der Waals surface area contributed by atoms with Gasteiger partial charge in [0.2, 0.25) is 0 Å². The van der Waals surface area contributed by atoms with Crippen LogP contribution in [0, 0.1) is 5.92 Å². The number of nitrogens with two attached hydrogens (primary N) is 1. The van der Waals surface area contributed by atoms with Crippen molar-refractivity contribution in [3.05, 3.63) is 42.5 Å². The summed E-state index contributed by atoms with van der Waals surface area (Å²) in [4.78, 5) is 14.1. The summed E-state index contributed by atoms with van der Waals surface area (Å²) < 4.78 is 0. The highest BCUT2D eigenvalue weighted by Crippen LogP contribution is 2.43. The van der Waals surface area contributed by atoms with Crippen LogP contribution in [-0.2, 0) is 0 Å². The summed E-state index contributed by atoms with van der Waals surface area (Å²) in [6.45, 7) is 1.35. The number of anilines is 1. The monoisotopic (exact) mass is 281 g/mol. The maximum atomic E-state index is 12.3. The number of likely N-dealkylation sites (tertiary alicyclic amines) is 1. The fraction of sp³-hybridized carbons (Fsp3) is 0.353. The Kier molecular flexibility index (Phi) is 2.69. The van der Waals surface area contributed by atoms with E-state index in [-0.39, 0.29) is 11.6 Å². The molecule has 0 unspecified atom stereocenters. The van der Waals surface area contributed by atoms with E-state index in [1.807, 2.05) is 42.5 Å². The Morgan fingerprint density at radius 2 is 1.86 bits per heavy atom. The Hall–Kier alpha value is -2.07. The van der Waals surface area contributed by atoms with Gasteiger partial charge >= 0.3 is 6.03 Å². The van der Waals surface area contributed by atoms with Crippen molar-refractivity contribution in [3.63, 3.8) is 0 Å². The van der Waals surface area contributed by atoms with Gasteiger partial charge in [-0.1, -0.05) is 36.4 Å². The second-order valence-electron chi connectivity index (χ2n) is 6.32. The summed E-state index contributed by atoms with van der Waals surface area (Å²) in [6, 6.07) is 14.0. The van der Waals surface area contributed by atoms with Gasteiger partial charge in [-0.05, 0) is 30.2 Å². The van der Waals surface area contributed by atoms with E-state index in [0.717, 1.165) is 16.5 Å². The summed E-state index contributed by atoms with van der Waals surface area (Å²) >= 11 is 0. The van der Waals surface area contributed by atoms with E-state index < -0.39 is 0 Å². The minimum Gasteiger partial charge on any atom is -0.322 e. The molecule has 2 aromatic carbocycles. The Balaban J connectivity index is 1.49. The number of rotatable bonds is 2. The van der Waals surface area contributed by atoms with Crippen LogP contribution < -0.4 is 11.1 Å². The molecule has 2 fully saturated rings. The number of nitrogens with zero attached hydrogens (tertiary/aromatic N) is 1. The van der Waals surface area contributed by atoms with Gasteiger partial charge < -0.3 is 16.0 Å². The molecule has 2 aliphatic rings. The average Bonchev–Trinajstić information content (AvgIpc) is 3.29. The van der Waals surface area contributed by atoms with Gasteiger partial charge in [0.1, 0.15) is 0 Å². The van der Waals surface area contributed by atoms with Crippen LogP contribution >= 0.6 is 0 Å². The van der Waals surface area contributed by atoms with Crippen LogP contribution in [-0.4, -0.2) is 29.6 Å². The van der Waals surface area contributed by atoms with E-state index >= 15 is 0 Å². The normalized spacial score (nSPS) is 20.1. The first-order valence-electron chi connectivity index (χ1n) is 7.48. The van der Waals surface area contributed by atoms with Crippen LogP contribution in [0.25, 0.3) is 10.8 Å². The molecule has 1 saturated heterocycles. The van der Waals surface area contributed by atoms with Gasteiger partial charge in [0.05, 0.1) is 11.2 Å². The lowest BCUT2D eigenvalue weighted by Gasteiger charge is -2.48. The maximum absolute atomic E-state index is 12.3. The molecular weight excluding hydrogens is 262 g/mol. The van der Waals surface area contributed by atoms with Gasteiger partial charge in [0.25, 0.3) is 0 Å². The second kappa shape index (κ2) is 4.46. The predicted octanol–water partition coefficient (Wildman–Crippen LogP) is 2.79. The first-order chi connectivity index (χ1) is 10.2. The number of carbonyl (C=O) groups excluding carboxylic acids is 1. The van der Waals surface area contributed by atoms with Crippen LogP contribution in [0.2, 0.25) is 0 Å². The third-order valence-corrected chi connectivity index (χ3v) is 4.68. The summed E-state index contributed by atoms with van der Waals surface area (Å²) in [6.07, 6.45) is 2.44. The summed E-state index contributed by atoms with van der Waals surface area (Å²) in [5.74, 6) is 0.624. The molecule has 2 aromatic rings. The SMILES string of the molecule is NC1(C2CC2)CN(C(=O)Nc2cccc3ccccc23)C1. The highest BCUT2D eigenvalue weighted by molar-refractivity contribution is 6.01. The standard InChI is InChI=1S/C17H19N3O/c18-17(13-8-9-13)10-20(11-17)16(21)19-15-7-3-5-12-4-1-2-6-14(12)15/h1-7,13H,8-11,18H2,(H,19,21). The molecule has 108 valence electrons. The van der Waals surface area contributed by atoms with Gasteiger partial charge in [-0.2, -0.15) is 0 Å². The molecule has 0 radical (unpaired) electrons. The molecule has 1 aliphatic heterocycles. The van der Waals surface area contributed by atoms with Crippen molar-refractivity contribution in [3.8, 4) is 0 Å². The topological polar surface area (TPSA) is 58.4 Å². The minimum absolute atomic E-state index is 0.0481. The number of hydrogen-bond acceptors (Lipinski definition) is 2. The molecule has 1 aliphatic carbocycles. The maximum Gasteiger partial charge on any atom is 0.321 e. The first-order valence-corrected chi connectivity index (χ1v) is 7.48. The lowest BCUT2D eigenvalue weighted by atomic mass is 9.86. The highest BCUT2D eigenvalue weighted by atomic mass is 16.2. The minimum atomic E-state index is -0.129. The zero-order valence-electron chi connectivity index (χ0n) is 11.9. The average molecular weight is 281 g/mol. The van der Waals surface area contributed by atoms with Gasteiger partial charge in [-0.25, -0.2) is 4.79 Å². The third kappa shape index (κ3) is 2.16. The summed E-state index contributed by atoms with van der Waals surface area (Å²) in [5, 5.41) is 5.21. The number of urea groups is 1. The fourth-order valence-electron chi connectivity index (χ4n) is 3.25. The Morgan fingerprint density at radius 3 is 2.62 bits per heavy atom. The van der Waals surface area contributed by atoms with E-state index in [1.165, 1.54) is 12.8 Å². The lowest BCUT2D eigenvalue weighted by molar-refractivity contribution is 0.0895. The van der Waals surface area contributed by atoms with E-state index in [9.17, 15) is 4.79 Å². The molecule has 0 spiro atoms. The molecule has 0 bridgehead atoms. The van der Waals surface area contributed by atoms with Crippen LogP contribution in [0.5, 0.6) is 0 Å². The molecule has 0 aromatic heterocycles. The smallest absolute Gasteiger partial charge is 0.321 e. The van der Waals surface area contributed by atoms with Crippen LogP contribution in [0.1, 0.15) is 12.8 Å². The Bertz CT molecular complexity index is 697. The largest absolute Gasteiger partial charge is 0.322 e. The summed E-state index contributed by atoms with van der Waals surface area (Å²) in [7, 11) is 0. The van der Waals surface area contributed by atoms with Crippen LogP contribution in [0.4, 0.5) is 10.5 Å². The highest BCUT2D eigenvalue weighted by Gasteiger charge is 2.51. The van der Waals surface area contributed by atoms with E-state index in [1.54, 1.807) is 4.90 Å². The van der Waals surface area contributed by atoms with E-state index in [4.69, 9.17) is 5.73 Å². The zero-order valence-corrected chi connectivity index (χ0v) is 11.9. The van der Waals surface area contributed by atoms with Crippen LogP contribution in [0.3, 0.4) is 0 Å². The van der Waals surface area contributed by atoms with Crippen molar-refractivity contribution < 1.29 is 4.79 Å². The second-order valence-corrected chi connectivity index (χ2v) is 6.32. The van der Waals surface area contributed by atoms with Crippen molar-refractivity contribution in [2.75, 3.05) is 18.4 Å². The predicted molar refractivity (Wildman–Crippen MR) is 84.2 cm³/mol.